The molecule has 1 aromatic rings. The molecule has 0 aliphatic heterocycles. The minimum atomic E-state index is -1.23. The second-order valence-electron chi connectivity index (χ2n) is 5.31. The molecule has 1 rings (SSSR count). The van der Waals surface area contributed by atoms with Crippen molar-refractivity contribution < 1.29 is 19.7 Å². The van der Waals surface area contributed by atoms with Crippen LogP contribution >= 0.6 is 0 Å². The first-order valence-corrected chi connectivity index (χ1v) is 6.72. The highest BCUT2D eigenvalue weighted by Crippen LogP contribution is 2.15. The van der Waals surface area contributed by atoms with Crippen molar-refractivity contribution in [2.45, 2.75) is 51.5 Å². The summed E-state index contributed by atoms with van der Waals surface area (Å²) in [5.41, 5.74) is -0.361. The Morgan fingerprint density at radius 3 is 2.45 bits per heavy atom. The van der Waals surface area contributed by atoms with Crippen LogP contribution < -0.4 is 5.32 Å². The monoisotopic (exact) mass is 281 g/mol. The quantitative estimate of drug-likeness (QED) is 0.743. The zero-order chi connectivity index (χ0) is 15.2. The lowest BCUT2D eigenvalue weighted by Gasteiger charge is -2.33. The molecular weight excluding hydrogens is 258 g/mol. The highest BCUT2D eigenvalue weighted by molar-refractivity contribution is 5.67. The van der Waals surface area contributed by atoms with Crippen molar-refractivity contribution in [1.82, 2.24) is 5.32 Å². The summed E-state index contributed by atoms with van der Waals surface area (Å²) in [6.07, 6.45) is -1.07. The maximum atomic E-state index is 11.7. The van der Waals surface area contributed by atoms with E-state index in [-0.39, 0.29) is 6.61 Å². The summed E-state index contributed by atoms with van der Waals surface area (Å²) in [6, 6.07) is 8.51. The summed E-state index contributed by atoms with van der Waals surface area (Å²) in [5, 5.41) is 22.4. The standard InChI is InChI=1S/C15H23NO4/c1-4-12(17)13(15(2,3)19)16-14(18)20-10-11-8-6-5-7-9-11/h5-9,12-13,17,19H,4,10H2,1-3H3,(H,16,18)/t12-,13-/m1/s1. The molecule has 0 saturated carbocycles. The van der Waals surface area contributed by atoms with E-state index in [1.165, 1.54) is 13.8 Å². The third-order valence-electron chi connectivity index (χ3n) is 3.05. The maximum absolute atomic E-state index is 11.7. The van der Waals surface area contributed by atoms with Crippen molar-refractivity contribution in [3.63, 3.8) is 0 Å². The number of aliphatic hydroxyl groups is 2. The van der Waals surface area contributed by atoms with Gasteiger partial charge < -0.3 is 20.3 Å². The van der Waals surface area contributed by atoms with E-state index in [1.54, 1.807) is 6.92 Å². The zero-order valence-electron chi connectivity index (χ0n) is 12.2. The van der Waals surface area contributed by atoms with Crippen molar-refractivity contribution in [1.29, 1.82) is 0 Å². The van der Waals surface area contributed by atoms with Crippen LogP contribution in [0.15, 0.2) is 30.3 Å². The van der Waals surface area contributed by atoms with Crippen molar-refractivity contribution in [2.24, 2.45) is 0 Å². The predicted molar refractivity (Wildman–Crippen MR) is 76.1 cm³/mol. The lowest BCUT2D eigenvalue weighted by atomic mass is 9.92. The van der Waals surface area contributed by atoms with Crippen LogP contribution in [0.2, 0.25) is 0 Å². The van der Waals surface area contributed by atoms with Crippen LogP contribution in [0.5, 0.6) is 0 Å². The van der Waals surface area contributed by atoms with E-state index >= 15 is 0 Å². The van der Waals surface area contributed by atoms with Gasteiger partial charge in [0, 0.05) is 0 Å². The largest absolute Gasteiger partial charge is 0.445 e. The molecule has 1 aromatic carbocycles. The minimum Gasteiger partial charge on any atom is -0.445 e. The van der Waals surface area contributed by atoms with Gasteiger partial charge >= 0.3 is 6.09 Å². The molecule has 112 valence electrons. The van der Waals surface area contributed by atoms with Crippen LogP contribution in [0.3, 0.4) is 0 Å². The number of benzene rings is 1. The summed E-state index contributed by atoms with van der Waals surface area (Å²) in [4.78, 5) is 11.7. The number of ether oxygens (including phenoxy) is 1. The van der Waals surface area contributed by atoms with E-state index in [0.717, 1.165) is 5.56 Å². The topological polar surface area (TPSA) is 78.8 Å². The molecule has 5 nitrogen and oxygen atoms in total. The molecular formula is C15H23NO4. The molecule has 20 heavy (non-hydrogen) atoms. The first-order chi connectivity index (χ1) is 9.34. The molecule has 0 aliphatic carbocycles. The number of hydrogen-bond acceptors (Lipinski definition) is 4. The van der Waals surface area contributed by atoms with Gasteiger partial charge in [0.25, 0.3) is 0 Å². The van der Waals surface area contributed by atoms with E-state index in [9.17, 15) is 15.0 Å². The summed E-state index contributed by atoms with van der Waals surface area (Å²) in [6.45, 7) is 5.00. The number of amides is 1. The van der Waals surface area contributed by atoms with Crippen molar-refractivity contribution in [3.8, 4) is 0 Å². The van der Waals surface area contributed by atoms with Gasteiger partial charge in [-0.05, 0) is 25.8 Å². The molecule has 0 bridgehead atoms. The van der Waals surface area contributed by atoms with Crippen LogP contribution in [0, 0.1) is 0 Å². The smallest absolute Gasteiger partial charge is 0.407 e. The van der Waals surface area contributed by atoms with Gasteiger partial charge in [0.15, 0.2) is 0 Å². The van der Waals surface area contributed by atoms with E-state index in [0.29, 0.717) is 6.42 Å². The zero-order valence-corrected chi connectivity index (χ0v) is 12.2. The van der Waals surface area contributed by atoms with E-state index < -0.39 is 23.8 Å². The SMILES string of the molecule is CC[C@@H](O)[C@@H](NC(=O)OCc1ccccc1)C(C)(C)O. The number of alkyl carbamates (subject to hydrolysis) is 1. The fraction of sp³-hybridized carbons (Fsp3) is 0.533. The molecule has 5 heteroatoms. The number of aliphatic hydroxyl groups excluding tert-OH is 1. The lowest BCUT2D eigenvalue weighted by Crippen LogP contribution is -2.55. The van der Waals surface area contributed by atoms with Crippen LogP contribution in [0.1, 0.15) is 32.8 Å². The molecule has 0 radical (unpaired) electrons. The maximum Gasteiger partial charge on any atom is 0.407 e. The van der Waals surface area contributed by atoms with Crippen molar-refractivity contribution >= 4 is 6.09 Å². The van der Waals surface area contributed by atoms with Gasteiger partial charge in [0.2, 0.25) is 0 Å². The number of carbonyl (C=O) groups excluding carboxylic acids is 1. The Bertz CT molecular complexity index is 414. The van der Waals surface area contributed by atoms with E-state index in [4.69, 9.17) is 4.74 Å². The van der Waals surface area contributed by atoms with E-state index in [1.807, 2.05) is 30.3 Å². The number of hydrogen-bond donors (Lipinski definition) is 3. The average molecular weight is 281 g/mol. The fourth-order valence-electron chi connectivity index (χ4n) is 1.87. The molecule has 0 aromatic heterocycles. The summed E-state index contributed by atoms with van der Waals surface area (Å²) in [5.74, 6) is 0. The van der Waals surface area contributed by atoms with Gasteiger partial charge in [0.1, 0.15) is 6.61 Å². The van der Waals surface area contributed by atoms with Gasteiger partial charge in [-0.1, -0.05) is 37.3 Å². The summed E-state index contributed by atoms with van der Waals surface area (Å²) in [7, 11) is 0. The second-order valence-corrected chi connectivity index (χ2v) is 5.31. The third kappa shape index (κ3) is 5.19. The Balaban J connectivity index is 2.54. The summed E-state index contributed by atoms with van der Waals surface area (Å²) < 4.78 is 5.08. The molecule has 3 N–H and O–H groups in total. The second kappa shape index (κ2) is 7.26. The molecule has 0 heterocycles. The Morgan fingerprint density at radius 2 is 1.95 bits per heavy atom. The highest BCUT2D eigenvalue weighted by atomic mass is 16.5. The van der Waals surface area contributed by atoms with Gasteiger partial charge in [0.05, 0.1) is 17.7 Å². The van der Waals surface area contributed by atoms with Crippen LogP contribution in [0.4, 0.5) is 4.79 Å². The Kier molecular flexibility index (Phi) is 5.98. The molecule has 2 atom stereocenters. The first kappa shape index (κ1) is 16.5. The van der Waals surface area contributed by atoms with Gasteiger partial charge in [-0.15, -0.1) is 0 Å². The number of rotatable bonds is 6. The highest BCUT2D eigenvalue weighted by Gasteiger charge is 2.34. The molecule has 0 fully saturated rings. The lowest BCUT2D eigenvalue weighted by molar-refractivity contribution is -0.0219. The van der Waals surface area contributed by atoms with Gasteiger partial charge in [-0.3, -0.25) is 0 Å². The number of nitrogens with one attached hydrogen (secondary N) is 1. The van der Waals surface area contributed by atoms with Crippen molar-refractivity contribution in [3.05, 3.63) is 35.9 Å². The first-order valence-electron chi connectivity index (χ1n) is 6.72. The molecule has 0 spiro atoms. The van der Waals surface area contributed by atoms with Gasteiger partial charge in [-0.25, -0.2) is 4.79 Å². The third-order valence-corrected chi connectivity index (χ3v) is 3.05. The Hall–Kier alpha value is -1.59. The Labute approximate surface area is 119 Å². The van der Waals surface area contributed by atoms with Gasteiger partial charge in [-0.2, -0.15) is 0 Å². The predicted octanol–water partition coefficient (Wildman–Crippen LogP) is 1.82. The molecule has 1 amide bonds. The molecule has 0 unspecified atom stereocenters. The molecule has 0 aliphatic rings. The van der Waals surface area contributed by atoms with Crippen molar-refractivity contribution in [2.75, 3.05) is 0 Å². The Morgan fingerprint density at radius 1 is 1.35 bits per heavy atom. The summed E-state index contributed by atoms with van der Waals surface area (Å²) >= 11 is 0. The molecule has 0 saturated heterocycles. The van der Waals surface area contributed by atoms with Crippen LogP contribution in [-0.2, 0) is 11.3 Å². The number of carbonyl (C=O) groups is 1. The average Bonchev–Trinajstić information content (AvgIpc) is 2.41. The van der Waals surface area contributed by atoms with E-state index in [2.05, 4.69) is 5.32 Å². The van der Waals surface area contributed by atoms with Crippen LogP contribution in [-0.4, -0.2) is 34.1 Å². The normalized spacial score (nSPS) is 14.4. The fourth-order valence-corrected chi connectivity index (χ4v) is 1.87. The minimum absolute atomic E-state index is 0.146. The van der Waals surface area contributed by atoms with Crippen LogP contribution in [0.25, 0.3) is 0 Å².